The molecule has 4 aromatic rings. The third-order valence-corrected chi connectivity index (χ3v) is 23.8. The fraction of sp³-hybridized carbons (Fsp3) is 0.581. The van der Waals surface area contributed by atoms with Crippen LogP contribution >= 0.6 is 0 Å². The molecule has 1 saturated carbocycles. The average Bonchev–Trinajstić information content (AvgIpc) is 1.80. The first-order valence-electron chi connectivity index (χ1n) is 45.3. The van der Waals surface area contributed by atoms with Crippen molar-refractivity contribution in [1.29, 1.82) is 0 Å². The molecule has 15 atom stereocenters. The number of aliphatic hydroxyl groups is 2. The highest BCUT2D eigenvalue weighted by Crippen LogP contribution is 2.31. The monoisotopic (exact) mass is 1830 g/mol. The van der Waals surface area contributed by atoms with E-state index < -0.39 is 217 Å². The molecule has 0 spiro atoms. The number of carbonyl (C=O) groups excluding carboxylic acids is 16. The average molecular weight is 1830 g/mol. The van der Waals surface area contributed by atoms with Crippen LogP contribution in [-0.4, -0.2) is 247 Å². The van der Waals surface area contributed by atoms with Crippen molar-refractivity contribution in [3.8, 4) is 5.75 Å². The summed E-state index contributed by atoms with van der Waals surface area (Å²) in [5.74, 6) is -14.4. The molecular formula is C93H137N17O21. The molecule has 0 unspecified atom stereocenters. The number of aliphatic carboxylic acids is 1. The summed E-state index contributed by atoms with van der Waals surface area (Å²) in [5.41, 5.74) is 20.6. The zero-order chi connectivity index (χ0) is 96.7. The summed E-state index contributed by atoms with van der Waals surface area (Å²) >= 11 is 0. The largest absolute Gasteiger partial charge is 0.508 e. The van der Waals surface area contributed by atoms with Crippen molar-refractivity contribution < 1.29 is 102 Å². The van der Waals surface area contributed by atoms with E-state index in [0.29, 0.717) is 59.7 Å². The lowest BCUT2D eigenvalue weighted by Crippen LogP contribution is -2.64. The number of allylic oxidation sites excluding steroid dienone is 2. The second-order valence-corrected chi connectivity index (χ2v) is 35.3. The molecule has 0 bridgehead atoms. The van der Waals surface area contributed by atoms with E-state index in [1.165, 1.54) is 65.8 Å². The second kappa shape index (κ2) is 54.7. The molecule has 131 heavy (non-hydrogen) atoms. The number of Topliss-reactive ketones (excluding diaryl/α,β-unsaturated/α-hetero) is 8. The highest BCUT2D eigenvalue weighted by atomic mass is 16.4. The molecule has 1 fully saturated rings. The van der Waals surface area contributed by atoms with Gasteiger partial charge in [-0.1, -0.05) is 125 Å². The van der Waals surface area contributed by atoms with E-state index in [4.69, 9.17) is 11.5 Å². The highest BCUT2D eigenvalue weighted by molar-refractivity contribution is 6.42. The number of primary amides is 1. The molecular weight excluding hydrogens is 1690 g/mol. The molecule has 1 aromatic heterocycles. The van der Waals surface area contributed by atoms with E-state index in [0.717, 1.165) is 19.3 Å². The van der Waals surface area contributed by atoms with Crippen molar-refractivity contribution in [2.75, 3.05) is 32.8 Å². The van der Waals surface area contributed by atoms with Gasteiger partial charge in [-0.25, -0.2) is 21.7 Å². The van der Waals surface area contributed by atoms with Crippen LogP contribution in [0.5, 0.6) is 5.75 Å². The van der Waals surface area contributed by atoms with E-state index >= 15 is 24.0 Å². The Bertz CT molecular complexity index is 4580. The first-order chi connectivity index (χ1) is 62.1. The lowest BCUT2D eigenvalue weighted by atomic mass is 9.80. The Kier molecular flexibility index (Phi) is 45.4. The van der Waals surface area contributed by atoms with Crippen LogP contribution in [0.15, 0.2) is 97.2 Å². The number of nitrogens with two attached hydrogens (primary N) is 2. The van der Waals surface area contributed by atoms with Crippen molar-refractivity contribution in [1.82, 2.24) is 79.9 Å². The topological polar surface area (TPSA) is 607 Å². The zero-order valence-corrected chi connectivity index (χ0v) is 76.6. The number of phenolic OH excluding ortho intramolecular Hbond substituents is 1. The molecule has 2 heterocycles. The summed E-state index contributed by atoms with van der Waals surface area (Å²) in [6, 6.07) is 5.06. The van der Waals surface area contributed by atoms with E-state index in [1.807, 2.05) is 12.2 Å². The molecule has 1 aliphatic heterocycles. The zero-order valence-electron chi connectivity index (χ0n) is 76.6. The van der Waals surface area contributed by atoms with Gasteiger partial charge in [0, 0.05) is 62.7 Å². The Morgan fingerprint density at radius 2 is 1.24 bits per heavy atom. The first kappa shape index (κ1) is 109. The molecule has 0 radical (unpaired) electrons. The van der Waals surface area contributed by atoms with Gasteiger partial charge < -0.3 is 90.0 Å². The standard InChI is InChI=1S/C93H137N17O21/c1-54(2)43-70(100-59(7)113)86(126)104-83(58(6)112)90(130)102-71(44-60-25-18-17-19-26-60)88(128)105-92(8)40-22-15-13-11-10-12-14-16-23-41-93(9,91(131)103-74(53-111)80(120)52-97-55(3)75(115)39-42-96-57(5)78(118)49-94)106-89(129)73(45-61-27-24-28-61)110-107-67(35-37-81(95)121)77(117)48-76(116)56(4)98-51-79(119)69(47-63-50-99-66-30-21-20-29-65(63)66)101-87(127)72(46-62-31-33-64(114)34-32-62)109-108-68(36-38-82(122)123)84(124)85(92)125/h12,14,17-21,25-26,29-34,50,54-58,61,67-74,83,96-99,107-112,114H,10-11,13,15-16,22-24,27-28,35-49,51-53,94H2,1-9H3,(H2,95,121)(H,100,113)(H,101,127)(H,102,130)(H,103,131)(H,104,126)(H,105,128)(H,106,129)(H,122,123)/t55-,56-,57-,58+,67-,68-,69-,70-,71-,72-,73-,74-,83-,92+,93-/m0/s1. The highest BCUT2D eigenvalue weighted by Gasteiger charge is 2.45. The van der Waals surface area contributed by atoms with Crippen LogP contribution in [-0.2, 0) is 101 Å². The summed E-state index contributed by atoms with van der Waals surface area (Å²) < 4.78 is 0. The van der Waals surface area contributed by atoms with Crippen LogP contribution < -0.4 is 86.3 Å². The van der Waals surface area contributed by atoms with E-state index in [-0.39, 0.29) is 119 Å². The van der Waals surface area contributed by atoms with Gasteiger partial charge >= 0.3 is 5.97 Å². The lowest BCUT2D eigenvalue weighted by Gasteiger charge is -2.35. The maximum absolute atomic E-state index is 15.6. The number of phenols is 1. The minimum absolute atomic E-state index is 0.0147. The molecule has 6 rings (SSSR count). The number of rotatable bonds is 38. The quantitative estimate of drug-likeness (QED) is 0.0168. The number of amides is 8. The maximum atomic E-state index is 15.6. The normalized spacial score (nSPS) is 22.7. The number of H-pyrrole nitrogens is 1. The van der Waals surface area contributed by atoms with Crippen molar-refractivity contribution in [3.05, 3.63) is 114 Å². The molecule has 38 heteroatoms. The van der Waals surface area contributed by atoms with Crippen LogP contribution in [0.25, 0.3) is 10.9 Å². The number of ketones is 8. The van der Waals surface area contributed by atoms with Crippen molar-refractivity contribution in [3.63, 3.8) is 0 Å². The van der Waals surface area contributed by atoms with Gasteiger partial charge in [0.15, 0.2) is 34.7 Å². The number of carboxylic acid groups (broad SMARTS) is 1. The predicted octanol–water partition coefficient (Wildman–Crippen LogP) is 0.804. The van der Waals surface area contributed by atoms with Crippen molar-refractivity contribution >= 4 is 110 Å². The number of carbonyl (C=O) groups is 17. The van der Waals surface area contributed by atoms with E-state index in [9.17, 15) is 78.0 Å². The van der Waals surface area contributed by atoms with Crippen LogP contribution in [0.2, 0.25) is 0 Å². The predicted molar refractivity (Wildman–Crippen MR) is 487 cm³/mol. The fourth-order valence-corrected chi connectivity index (χ4v) is 15.3. The van der Waals surface area contributed by atoms with E-state index in [2.05, 4.69) is 79.9 Å². The Morgan fingerprint density at radius 3 is 1.89 bits per heavy atom. The Hall–Kier alpha value is -11.1. The van der Waals surface area contributed by atoms with Gasteiger partial charge in [0.1, 0.15) is 53.1 Å². The van der Waals surface area contributed by atoms with E-state index in [1.54, 1.807) is 81.6 Å². The number of aliphatic hydroxyl groups excluding tert-OH is 2. The third-order valence-electron chi connectivity index (χ3n) is 23.8. The number of hydrogen-bond acceptors (Lipinski definition) is 28. The second-order valence-electron chi connectivity index (χ2n) is 35.3. The number of carboxylic acids is 1. The van der Waals surface area contributed by atoms with Crippen LogP contribution in [0.1, 0.15) is 207 Å². The number of nitrogens with one attached hydrogen (secondary N) is 15. The van der Waals surface area contributed by atoms with Gasteiger partial charge in [0.25, 0.3) is 0 Å². The SMILES string of the molecule is CC(=O)N[C@@H](CC(C)C)C(=O)N[C@H](C(=O)N[C@@H](Cc1ccccc1)C(=O)N[C@]1(C)CCCCCCC=CCCC[C@@](C)(C(=O)N[C@@H](CO)C(=O)CN[C@@H](C)C(=O)CCN[C@@H](C)C(=O)CN)NC(=O)[C@H](CC2CCC2)NN[C@@H](CCC(N)=O)C(=O)CC(=O)[C@H](C)NCC(=O)[C@H](Cc2c[nH]c3ccccc23)NC(=O)[C@H](Cc2ccc(O)cc2)NN[C@@H](CCC(=O)O)C(=O)C1=O)[C@@H](C)O. The molecule has 38 nitrogen and oxygen atoms in total. The molecule has 1 aliphatic carbocycles. The van der Waals surface area contributed by atoms with Gasteiger partial charge in [-0.3, -0.25) is 81.5 Å². The summed E-state index contributed by atoms with van der Waals surface area (Å²) in [6.45, 7) is 11.3. The molecule has 3 aromatic carbocycles. The number of hydrazine groups is 2. The van der Waals surface area contributed by atoms with Gasteiger partial charge in [0.2, 0.25) is 58.8 Å². The van der Waals surface area contributed by atoms with Gasteiger partial charge in [0.05, 0.1) is 75.0 Å². The lowest BCUT2D eigenvalue weighted by molar-refractivity contribution is -0.144. The molecule has 23 N–H and O–H groups in total. The van der Waals surface area contributed by atoms with Gasteiger partial charge in [-0.05, 0) is 159 Å². The molecule has 720 valence electrons. The number of aromatic amines is 1. The molecule has 8 amide bonds. The van der Waals surface area contributed by atoms with Crippen LogP contribution in [0.4, 0.5) is 0 Å². The number of aromatic hydroxyl groups is 1. The van der Waals surface area contributed by atoms with Gasteiger partial charge in [-0.2, -0.15) is 0 Å². The number of aromatic nitrogens is 1. The van der Waals surface area contributed by atoms with Gasteiger partial charge in [-0.15, -0.1) is 0 Å². The Labute approximate surface area is 764 Å². The summed E-state index contributed by atoms with van der Waals surface area (Å²) in [4.78, 5) is 243. The number of fused-ring (bicyclic) bond motifs is 1. The number of benzene rings is 3. The Morgan fingerprint density at radius 1 is 0.603 bits per heavy atom. The van der Waals surface area contributed by atoms with Crippen LogP contribution in [0, 0.1) is 11.8 Å². The number of para-hydroxylation sites is 1. The fourth-order valence-electron chi connectivity index (χ4n) is 15.3. The third kappa shape index (κ3) is 36.5. The summed E-state index contributed by atoms with van der Waals surface area (Å²) in [7, 11) is 0. The summed E-state index contributed by atoms with van der Waals surface area (Å²) in [5, 5.41) is 70.5. The maximum Gasteiger partial charge on any atom is 0.303 e. The van der Waals surface area contributed by atoms with Crippen LogP contribution in [0.3, 0.4) is 0 Å². The molecule has 0 saturated heterocycles. The smallest absolute Gasteiger partial charge is 0.303 e. The first-order valence-corrected chi connectivity index (χ1v) is 45.3. The Balaban J connectivity index is 1.40. The number of hydrogen-bond donors (Lipinski definition) is 21. The minimum Gasteiger partial charge on any atom is -0.508 e. The van der Waals surface area contributed by atoms with Crippen molar-refractivity contribution in [2.24, 2.45) is 23.3 Å². The minimum atomic E-state index is -2.19. The van der Waals surface area contributed by atoms with Crippen molar-refractivity contribution in [2.45, 2.75) is 300 Å². The summed E-state index contributed by atoms with van der Waals surface area (Å²) in [6.07, 6.45) is 5.16. The molecule has 2 aliphatic rings.